The van der Waals surface area contributed by atoms with Gasteiger partial charge in [-0.15, -0.1) is 0 Å². The summed E-state index contributed by atoms with van der Waals surface area (Å²) in [6.07, 6.45) is -0.533. The highest BCUT2D eigenvalue weighted by atomic mass is 35.5. The number of carbonyl (C=O) groups is 2. The molecule has 102 valence electrons. The minimum atomic E-state index is -0.961. The monoisotopic (exact) mass is 285 g/mol. The SMILES string of the molecule is C[N+](C)(C)CC(CC(=O)O)OC(=O)CCS.[Cl-]. The first-order valence-electron chi connectivity index (χ1n) is 5.07. The van der Waals surface area contributed by atoms with Crippen LogP contribution in [0.5, 0.6) is 0 Å². The highest BCUT2D eigenvalue weighted by molar-refractivity contribution is 7.80. The van der Waals surface area contributed by atoms with Gasteiger partial charge in [0, 0.05) is 5.75 Å². The fraction of sp³-hybridized carbons (Fsp3) is 0.800. The minimum Gasteiger partial charge on any atom is -1.00 e. The first-order chi connectivity index (χ1) is 7.24. The van der Waals surface area contributed by atoms with Crippen LogP contribution >= 0.6 is 12.6 Å². The van der Waals surface area contributed by atoms with Crippen LogP contribution in [0.2, 0.25) is 0 Å². The number of rotatable bonds is 7. The Kier molecular flexibility index (Phi) is 9.56. The molecule has 0 aromatic heterocycles. The van der Waals surface area contributed by atoms with Gasteiger partial charge in [-0.3, -0.25) is 9.59 Å². The van der Waals surface area contributed by atoms with Crippen molar-refractivity contribution in [3.05, 3.63) is 0 Å². The van der Waals surface area contributed by atoms with Crippen molar-refractivity contribution < 1.29 is 36.3 Å². The molecule has 5 nitrogen and oxygen atoms in total. The maximum Gasteiger partial charge on any atom is 0.307 e. The molecule has 1 N–H and O–H groups in total. The topological polar surface area (TPSA) is 63.6 Å². The predicted molar refractivity (Wildman–Crippen MR) is 63.5 cm³/mol. The van der Waals surface area contributed by atoms with Gasteiger partial charge in [0.15, 0.2) is 6.10 Å². The van der Waals surface area contributed by atoms with Crippen LogP contribution in [0.3, 0.4) is 0 Å². The maximum absolute atomic E-state index is 11.2. The molecule has 0 saturated heterocycles. The van der Waals surface area contributed by atoms with Gasteiger partial charge in [-0.05, 0) is 0 Å². The average molecular weight is 286 g/mol. The van der Waals surface area contributed by atoms with Crippen molar-refractivity contribution in [2.24, 2.45) is 0 Å². The number of likely N-dealkylation sites (N-methyl/N-ethyl adjacent to an activating group) is 1. The highest BCUT2D eigenvalue weighted by Gasteiger charge is 2.24. The number of ether oxygens (including phenoxy) is 1. The summed E-state index contributed by atoms with van der Waals surface area (Å²) >= 11 is 3.92. The van der Waals surface area contributed by atoms with Crippen molar-refractivity contribution in [1.82, 2.24) is 0 Å². The highest BCUT2D eigenvalue weighted by Crippen LogP contribution is 2.06. The number of hydrogen-bond donors (Lipinski definition) is 2. The molecule has 17 heavy (non-hydrogen) atoms. The fourth-order valence-corrected chi connectivity index (χ4v) is 1.47. The number of esters is 1. The summed E-state index contributed by atoms with van der Waals surface area (Å²) in [5.41, 5.74) is 0. The molecule has 0 aliphatic carbocycles. The summed E-state index contributed by atoms with van der Waals surface area (Å²) in [6.45, 7) is 0.477. The largest absolute Gasteiger partial charge is 1.00 e. The van der Waals surface area contributed by atoms with Crippen molar-refractivity contribution in [3.8, 4) is 0 Å². The first-order valence-corrected chi connectivity index (χ1v) is 5.70. The van der Waals surface area contributed by atoms with E-state index in [1.807, 2.05) is 21.1 Å². The van der Waals surface area contributed by atoms with Crippen molar-refractivity contribution >= 4 is 24.6 Å². The lowest BCUT2D eigenvalue weighted by atomic mass is 10.2. The van der Waals surface area contributed by atoms with Crippen LogP contribution in [-0.2, 0) is 14.3 Å². The molecule has 0 amide bonds. The normalized spacial score (nSPS) is 12.5. The Morgan fingerprint density at radius 1 is 1.35 bits per heavy atom. The number of nitrogens with zero attached hydrogens (tertiary/aromatic N) is 1. The van der Waals surface area contributed by atoms with Crippen LogP contribution in [-0.4, -0.2) is 61.1 Å². The number of carboxylic acid groups (broad SMARTS) is 1. The van der Waals surface area contributed by atoms with E-state index in [1.165, 1.54) is 0 Å². The molecular formula is C10H20ClNO4S. The second kappa shape index (κ2) is 8.60. The van der Waals surface area contributed by atoms with Gasteiger partial charge in [-0.1, -0.05) is 0 Å². The lowest BCUT2D eigenvalue weighted by Gasteiger charge is -2.28. The zero-order valence-corrected chi connectivity index (χ0v) is 12.0. The van der Waals surface area contributed by atoms with Crippen molar-refractivity contribution in [3.63, 3.8) is 0 Å². The zero-order chi connectivity index (χ0) is 12.8. The molecule has 0 bridgehead atoms. The molecule has 0 aliphatic rings. The Morgan fingerprint density at radius 2 is 1.88 bits per heavy atom. The van der Waals surface area contributed by atoms with E-state index < -0.39 is 18.0 Å². The first kappa shape index (κ1) is 18.9. The quantitative estimate of drug-likeness (QED) is 0.306. The Bertz CT molecular complexity index is 255. The number of halogens is 1. The Balaban J connectivity index is 0. The third-order valence-corrected chi connectivity index (χ3v) is 1.99. The smallest absolute Gasteiger partial charge is 0.307 e. The van der Waals surface area contributed by atoms with E-state index in [-0.39, 0.29) is 25.2 Å². The predicted octanol–water partition coefficient (Wildman–Crippen LogP) is -2.60. The summed E-state index contributed by atoms with van der Waals surface area (Å²) in [5, 5.41) is 8.71. The average Bonchev–Trinajstić information content (AvgIpc) is 1.98. The molecule has 0 aliphatic heterocycles. The number of hydrogen-bond acceptors (Lipinski definition) is 4. The van der Waals surface area contributed by atoms with E-state index in [9.17, 15) is 9.59 Å². The van der Waals surface area contributed by atoms with Crippen molar-refractivity contribution in [2.75, 3.05) is 33.4 Å². The standard InChI is InChI=1S/C10H19NO4S.ClH/c1-11(2,3)7-8(6-9(12)13)15-10(14)4-5-16;/h8H,4-7H2,1-3H3,(H-,12,13,16);1H. The maximum atomic E-state index is 11.2. The second-order valence-corrected chi connectivity index (χ2v) is 5.10. The minimum absolute atomic E-state index is 0. The van der Waals surface area contributed by atoms with Gasteiger partial charge < -0.3 is 26.7 Å². The van der Waals surface area contributed by atoms with Gasteiger partial charge in [0.25, 0.3) is 0 Å². The molecule has 0 rings (SSSR count). The molecule has 7 heteroatoms. The Morgan fingerprint density at radius 3 is 2.24 bits per heavy atom. The Labute approximate surface area is 114 Å². The molecule has 0 spiro atoms. The summed E-state index contributed by atoms with van der Waals surface area (Å²) in [6, 6.07) is 0. The third kappa shape index (κ3) is 11.8. The third-order valence-electron chi connectivity index (χ3n) is 1.77. The molecule has 0 radical (unpaired) electrons. The van der Waals surface area contributed by atoms with Crippen LogP contribution in [0.25, 0.3) is 0 Å². The van der Waals surface area contributed by atoms with Crippen LogP contribution in [0.4, 0.5) is 0 Å². The van der Waals surface area contributed by atoms with Gasteiger partial charge in [-0.2, -0.15) is 12.6 Å². The van der Waals surface area contributed by atoms with Gasteiger partial charge in [-0.25, -0.2) is 0 Å². The molecule has 1 atom stereocenters. The second-order valence-electron chi connectivity index (χ2n) is 4.66. The van der Waals surface area contributed by atoms with Crippen LogP contribution in [0, 0.1) is 0 Å². The summed E-state index contributed by atoms with van der Waals surface area (Å²) in [5.74, 6) is -0.949. The van der Waals surface area contributed by atoms with Crippen LogP contribution in [0.1, 0.15) is 12.8 Å². The number of thiol groups is 1. The summed E-state index contributed by atoms with van der Waals surface area (Å²) in [7, 11) is 5.75. The van der Waals surface area contributed by atoms with Gasteiger partial charge in [0.2, 0.25) is 0 Å². The zero-order valence-electron chi connectivity index (χ0n) is 10.4. The molecular weight excluding hydrogens is 266 g/mol. The lowest BCUT2D eigenvalue weighted by molar-refractivity contribution is -0.873. The van der Waals surface area contributed by atoms with Crippen LogP contribution in [0.15, 0.2) is 0 Å². The van der Waals surface area contributed by atoms with E-state index in [0.29, 0.717) is 16.8 Å². The lowest BCUT2D eigenvalue weighted by Crippen LogP contribution is -3.00. The number of carboxylic acids is 1. The molecule has 1 unspecified atom stereocenters. The van der Waals surface area contributed by atoms with E-state index in [0.717, 1.165) is 0 Å². The number of carbonyl (C=O) groups excluding carboxylic acids is 1. The van der Waals surface area contributed by atoms with E-state index in [4.69, 9.17) is 9.84 Å². The molecule has 0 heterocycles. The van der Waals surface area contributed by atoms with Gasteiger partial charge in [0.1, 0.15) is 6.54 Å². The van der Waals surface area contributed by atoms with E-state index in [1.54, 1.807) is 0 Å². The summed E-state index contributed by atoms with van der Waals surface area (Å²) < 4.78 is 5.64. The Hall–Kier alpha value is -0.460. The molecule has 0 aromatic carbocycles. The molecule has 0 saturated carbocycles. The molecule has 0 aromatic rings. The summed E-state index contributed by atoms with van der Waals surface area (Å²) in [4.78, 5) is 21.9. The fourth-order valence-electron chi connectivity index (χ4n) is 1.29. The van der Waals surface area contributed by atoms with Crippen LogP contribution < -0.4 is 12.4 Å². The van der Waals surface area contributed by atoms with Gasteiger partial charge in [0.05, 0.1) is 34.0 Å². The van der Waals surface area contributed by atoms with Crippen molar-refractivity contribution in [2.45, 2.75) is 18.9 Å². The van der Waals surface area contributed by atoms with Gasteiger partial charge >= 0.3 is 11.9 Å². The van der Waals surface area contributed by atoms with E-state index >= 15 is 0 Å². The number of aliphatic carboxylic acids is 1. The molecule has 0 fully saturated rings. The van der Waals surface area contributed by atoms with E-state index in [2.05, 4.69) is 12.6 Å². The van der Waals surface area contributed by atoms with Crippen molar-refractivity contribution in [1.29, 1.82) is 0 Å². The number of quaternary nitrogens is 1.